The Hall–Kier alpha value is -2.69. The number of nitrogens with zero attached hydrogens (tertiary/aromatic N) is 1. The third-order valence-electron chi connectivity index (χ3n) is 5.18. The topological polar surface area (TPSA) is 79.3 Å². The van der Waals surface area contributed by atoms with Crippen LogP contribution in [0.1, 0.15) is 43.0 Å². The molecule has 1 aromatic heterocycles. The summed E-state index contributed by atoms with van der Waals surface area (Å²) < 4.78 is 0. The number of rotatable bonds is 6. The van der Waals surface area contributed by atoms with E-state index in [0.717, 1.165) is 16.7 Å². The minimum absolute atomic E-state index is 0.0225. The first-order valence-electron chi connectivity index (χ1n) is 8.91. The standard InChI is InChI=1S/C21H24N2O3/c1-14(2)19(15-7-9-22-10-8-15)23-18(24)13-21(20(25)26)11-16-5-3-4-6-17(16)12-21/h3-10,14,19H,11-13H2,1-2H3,(H,23,24)(H,25,26)/t19-/m0/s1. The Morgan fingerprint density at radius 1 is 1.12 bits per heavy atom. The lowest BCUT2D eigenvalue weighted by atomic mass is 9.81. The molecule has 1 aliphatic rings. The van der Waals surface area contributed by atoms with Crippen LogP contribution in [0.4, 0.5) is 0 Å². The van der Waals surface area contributed by atoms with Gasteiger partial charge >= 0.3 is 5.97 Å². The Balaban J connectivity index is 1.76. The molecule has 5 heteroatoms. The van der Waals surface area contributed by atoms with Crippen LogP contribution in [-0.2, 0) is 22.4 Å². The molecule has 0 saturated carbocycles. The van der Waals surface area contributed by atoms with Crippen molar-refractivity contribution in [2.45, 2.75) is 39.2 Å². The Labute approximate surface area is 153 Å². The molecule has 1 aliphatic carbocycles. The first-order chi connectivity index (χ1) is 12.4. The SMILES string of the molecule is CC(C)[C@H](NC(=O)CC1(C(=O)O)Cc2ccccc2C1)c1ccncc1. The average molecular weight is 352 g/mol. The van der Waals surface area contributed by atoms with Gasteiger partial charge in [0.2, 0.25) is 5.91 Å². The summed E-state index contributed by atoms with van der Waals surface area (Å²) in [6.07, 6.45) is 4.17. The number of hydrogen-bond donors (Lipinski definition) is 2. The maximum absolute atomic E-state index is 12.8. The van der Waals surface area contributed by atoms with E-state index in [1.54, 1.807) is 12.4 Å². The van der Waals surface area contributed by atoms with Crippen molar-refractivity contribution in [1.29, 1.82) is 0 Å². The molecule has 0 spiro atoms. The lowest BCUT2D eigenvalue weighted by Gasteiger charge is -2.27. The molecule has 0 aliphatic heterocycles. The summed E-state index contributed by atoms with van der Waals surface area (Å²) in [5.74, 6) is -0.951. The van der Waals surface area contributed by atoms with Crippen LogP contribution in [0.25, 0.3) is 0 Å². The summed E-state index contributed by atoms with van der Waals surface area (Å²) in [5, 5.41) is 12.9. The molecule has 1 atom stereocenters. The summed E-state index contributed by atoms with van der Waals surface area (Å²) in [5.41, 5.74) is 1.96. The van der Waals surface area contributed by atoms with Crippen molar-refractivity contribution in [1.82, 2.24) is 10.3 Å². The number of pyridine rings is 1. The van der Waals surface area contributed by atoms with E-state index in [2.05, 4.69) is 10.3 Å². The number of carbonyl (C=O) groups excluding carboxylic acids is 1. The van der Waals surface area contributed by atoms with E-state index in [1.165, 1.54) is 0 Å². The van der Waals surface area contributed by atoms with Crippen LogP contribution in [0.5, 0.6) is 0 Å². The van der Waals surface area contributed by atoms with Gasteiger partial charge in [-0.15, -0.1) is 0 Å². The predicted octanol–water partition coefficient (Wildman–Crippen LogP) is 3.15. The number of aliphatic carboxylic acids is 1. The zero-order valence-corrected chi connectivity index (χ0v) is 15.1. The molecule has 1 amide bonds. The molecule has 3 rings (SSSR count). The monoisotopic (exact) mass is 352 g/mol. The number of benzene rings is 1. The van der Waals surface area contributed by atoms with Crippen molar-refractivity contribution < 1.29 is 14.7 Å². The molecule has 5 nitrogen and oxygen atoms in total. The molecule has 1 heterocycles. The van der Waals surface area contributed by atoms with E-state index in [9.17, 15) is 14.7 Å². The fourth-order valence-electron chi connectivity index (χ4n) is 3.78. The first-order valence-corrected chi connectivity index (χ1v) is 8.91. The fourth-order valence-corrected chi connectivity index (χ4v) is 3.78. The van der Waals surface area contributed by atoms with Gasteiger partial charge in [-0.3, -0.25) is 14.6 Å². The molecule has 0 fully saturated rings. The quantitative estimate of drug-likeness (QED) is 0.837. The molecule has 2 aromatic rings. The van der Waals surface area contributed by atoms with Gasteiger partial charge in [0, 0.05) is 18.8 Å². The number of carboxylic acid groups (broad SMARTS) is 1. The van der Waals surface area contributed by atoms with Crippen molar-refractivity contribution in [3.63, 3.8) is 0 Å². The molecule has 0 saturated heterocycles. The van der Waals surface area contributed by atoms with Gasteiger partial charge in [0.15, 0.2) is 0 Å². The number of amides is 1. The minimum Gasteiger partial charge on any atom is -0.481 e. The lowest BCUT2D eigenvalue weighted by molar-refractivity contribution is -0.151. The largest absolute Gasteiger partial charge is 0.481 e. The minimum atomic E-state index is -1.06. The molecule has 26 heavy (non-hydrogen) atoms. The van der Waals surface area contributed by atoms with Gasteiger partial charge in [0.25, 0.3) is 0 Å². The van der Waals surface area contributed by atoms with Crippen molar-refractivity contribution >= 4 is 11.9 Å². The Morgan fingerprint density at radius 2 is 1.69 bits per heavy atom. The Bertz CT molecular complexity index is 777. The summed E-state index contributed by atoms with van der Waals surface area (Å²) in [6, 6.07) is 11.3. The summed E-state index contributed by atoms with van der Waals surface area (Å²) in [7, 11) is 0. The molecule has 2 N–H and O–H groups in total. The highest BCUT2D eigenvalue weighted by atomic mass is 16.4. The smallest absolute Gasteiger partial charge is 0.310 e. The number of carbonyl (C=O) groups is 2. The zero-order valence-electron chi connectivity index (χ0n) is 15.1. The van der Waals surface area contributed by atoms with E-state index < -0.39 is 11.4 Å². The first kappa shape index (κ1) is 18.1. The van der Waals surface area contributed by atoms with E-state index >= 15 is 0 Å². The molecule has 1 aromatic carbocycles. The highest BCUT2D eigenvalue weighted by Crippen LogP contribution is 2.40. The summed E-state index contributed by atoms with van der Waals surface area (Å²) in [6.45, 7) is 4.06. The molecular weight excluding hydrogens is 328 g/mol. The number of fused-ring (bicyclic) bond motifs is 1. The third kappa shape index (κ3) is 3.62. The third-order valence-corrected chi connectivity index (χ3v) is 5.18. The summed E-state index contributed by atoms with van der Waals surface area (Å²) in [4.78, 5) is 28.8. The van der Waals surface area contributed by atoms with Crippen molar-refractivity contribution in [3.05, 3.63) is 65.5 Å². The molecule has 0 radical (unpaired) electrons. The fraction of sp³-hybridized carbons (Fsp3) is 0.381. The van der Waals surface area contributed by atoms with Gasteiger partial charge in [-0.1, -0.05) is 38.1 Å². The maximum atomic E-state index is 12.8. The van der Waals surface area contributed by atoms with Crippen LogP contribution in [0.3, 0.4) is 0 Å². The van der Waals surface area contributed by atoms with E-state index in [1.807, 2.05) is 50.2 Å². The van der Waals surface area contributed by atoms with Crippen LogP contribution >= 0.6 is 0 Å². The van der Waals surface area contributed by atoms with E-state index in [0.29, 0.717) is 12.8 Å². The number of hydrogen-bond acceptors (Lipinski definition) is 3. The van der Waals surface area contributed by atoms with Gasteiger partial charge in [0.1, 0.15) is 0 Å². The highest BCUT2D eigenvalue weighted by molar-refractivity contribution is 5.86. The normalized spacial score (nSPS) is 16.1. The molecule has 0 bridgehead atoms. The Kier molecular flexibility index (Phi) is 5.07. The zero-order chi connectivity index (χ0) is 18.7. The highest BCUT2D eigenvalue weighted by Gasteiger charge is 2.45. The van der Waals surface area contributed by atoms with Gasteiger partial charge in [-0.2, -0.15) is 0 Å². The molecule has 0 unspecified atom stereocenters. The van der Waals surface area contributed by atoms with Crippen molar-refractivity contribution in [2.75, 3.05) is 0 Å². The van der Waals surface area contributed by atoms with Crippen LogP contribution in [0.2, 0.25) is 0 Å². The second-order valence-corrected chi connectivity index (χ2v) is 7.45. The van der Waals surface area contributed by atoms with Crippen molar-refractivity contribution in [3.8, 4) is 0 Å². The predicted molar refractivity (Wildman–Crippen MR) is 98.5 cm³/mol. The van der Waals surface area contributed by atoms with E-state index in [4.69, 9.17) is 0 Å². The number of carboxylic acids is 1. The number of nitrogens with one attached hydrogen (secondary N) is 1. The second-order valence-electron chi connectivity index (χ2n) is 7.45. The van der Waals surface area contributed by atoms with Gasteiger partial charge in [-0.05, 0) is 47.6 Å². The maximum Gasteiger partial charge on any atom is 0.310 e. The summed E-state index contributed by atoms with van der Waals surface area (Å²) >= 11 is 0. The average Bonchev–Trinajstić information content (AvgIpc) is 2.99. The second kappa shape index (κ2) is 7.28. The van der Waals surface area contributed by atoms with Crippen LogP contribution in [0.15, 0.2) is 48.8 Å². The van der Waals surface area contributed by atoms with Crippen LogP contribution in [-0.4, -0.2) is 22.0 Å². The van der Waals surface area contributed by atoms with Crippen LogP contribution in [0, 0.1) is 11.3 Å². The Morgan fingerprint density at radius 3 is 2.19 bits per heavy atom. The van der Waals surface area contributed by atoms with Gasteiger partial charge in [0.05, 0.1) is 11.5 Å². The van der Waals surface area contributed by atoms with Gasteiger partial charge < -0.3 is 10.4 Å². The number of aromatic nitrogens is 1. The lowest BCUT2D eigenvalue weighted by Crippen LogP contribution is -2.40. The van der Waals surface area contributed by atoms with Crippen LogP contribution < -0.4 is 5.32 Å². The van der Waals surface area contributed by atoms with Crippen molar-refractivity contribution in [2.24, 2.45) is 11.3 Å². The van der Waals surface area contributed by atoms with E-state index in [-0.39, 0.29) is 24.3 Å². The molecular formula is C21H24N2O3. The molecule has 136 valence electrons. The van der Waals surface area contributed by atoms with Gasteiger partial charge in [-0.25, -0.2) is 0 Å².